The molecule has 0 aromatic heterocycles. The smallest absolute Gasteiger partial charge is 0.243 e. The molecule has 0 amide bonds. The van der Waals surface area contributed by atoms with Gasteiger partial charge in [-0.2, -0.15) is 4.31 Å². The van der Waals surface area contributed by atoms with E-state index >= 15 is 0 Å². The predicted molar refractivity (Wildman–Crippen MR) is 72.8 cm³/mol. The lowest BCUT2D eigenvalue weighted by Crippen LogP contribution is -2.34. The second-order valence-electron chi connectivity index (χ2n) is 4.97. The maximum atomic E-state index is 13.7. The maximum Gasteiger partial charge on any atom is 0.243 e. The zero-order valence-electron chi connectivity index (χ0n) is 11.2. The number of anilines is 1. The summed E-state index contributed by atoms with van der Waals surface area (Å²) in [4.78, 5) is -0.00894. The number of nitrogen functional groups attached to an aromatic ring is 1. The lowest BCUT2D eigenvalue weighted by Gasteiger charge is -2.22. The summed E-state index contributed by atoms with van der Waals surface area (Å²) in [6.45, 7) is 3.86. The Labute approximate surface area is 113 Å². The molecule has 0 radical (unpaired) electrons. The number of rotatable bonds is 5. The van der Waals surface area contributed by atoms with Crippen LogP contribution in [-0.4, -0.2) is 25.3 Å². The molecular weight excluding hydrogens is 267 g/mol. The zero-order chi connectivity index (χ0) is 14.2. The number of benzene rings is 1. The first-order valence-electron chi connectivity index (χ1n) is 6.45. The van der Waals surface area contributed by atoms with E-state index in [-0.39, 0.29) is 22.2 Å². The molecule has 1 fully saturated rings. The fourth-order valence-corrected chi connectivity index (χ4v) is 4.20. The zero-order valence-corrected chi connectivity index (χ0v) is 12.0. The Kier molecular flexibility index (Phi) is 3.82. The lowest BCUT2D eigenvalue weighted by molar-refractivity contribution is 0.402. The number of halogens is 1. The van der Waals surface area contributed by atoms with Crippen LogP contribution in [0.2, 0.25) is 0 Å². The number of nitrogens with zero attached hydrogens (tertiary/aromatic N) is 1. The molecule has 1 aromatic carbocycles. The number of hydrogen-bond donors (Lipinski definition) is 1. The highest BCUT2D eigenvalue weighted by atomic mass is 32.2. The van der Waals surface area contributed by atoms with Gasteiger partial charge in [0.2, 0.25) is 10.0 Å². The summed E-state index contributed by atoms with van der Waals surface area (Å²) in [5, 5.41) is 0. The minimum atomic E-state index is -3.66. The largest absolute Gasteiger partial charge is 0.399 e. The van der Waals surface area contributed by atoms with Crippen LogP contribution in [0, 0.1) is 12.7 Å². The van der Waals surface area contributed by atoms with Gasteiger partial charge < -0.3 is 5.73 Å². The molecule has 0 spiro atoms. The number of nitrogens with two attached hydrogens (primary N) is 1. The lowest BCUT2D eigenvalue weighted by atomic mass is 10.2. The van der Waals surface area contributed by atoms with Crippen LogP contribution in [0.15, 0.2) is 17.0 Å². The van der Waals surface area contributed by atoms with Crippen molar-refractivity contribution in [2.45, 2.75) is 44.0 Å². The quantitative estimate of drug-likeness (QED) is 0.845. The van der Waals surface area contributed by atoms with E-state index in [2.05, 4.69) is 0 Å². The van der Waals surface area contributed by atoms with E-state index in [0.717, 1.165) is 25.3 Å². The Morgan fingerprint density at radius 2 is 2.05 bits per heavy atom. The molecule has 1 aliphatic rings. The highest BCUT2D eigenvalue weighted by Gasteiger charge is 2.38. The van der Waals surface area contributed by atoms with Crippen molar-refractivity contribution in [2.75, 3.05) is 12.3 Å². The molecule has 1 aromatic rings. The van der Waals surface area contributed by atoms with Crippen LogP contribution in [0.25, 0.3) is 0 Å². The molecule has 1 aliphatic carbocycles. The third-order valence-corrected chi connectivity index (χ3v) is 5.38. The fraction of sp³-hybridized carbons (Fsp3) is 0.538. The molecule has 1 saturated carbocycles. The van der Waals surface area contributed by atoms with Crippen molar-refractivity contribution in [1.82, 2.24) is 4.31 Å². The highest BCUT2D eigenvalue weighted by Crippen LogP contribution is 2.34. The molecule has 0 atom stereocenters. The summed E-state index contributed by atoms with van der Waals surface area (Å²) in [7, 11) is -3.66. The standard InChI is InChI=1S/C13H19FN2O2S/c1-3-6-16(11-4-5-11)19(17,18)13-8-10(15)7-12(14)9(13)2/h7-8,11H,3-6,15H2,1-2H3. The van der Waals surface area contributed by atoms with Gasteiger partial charge in [0.15, 0.2) is 0 Å². The number of sulfonamides is 1. The average molecular weight is 286 g/mol. The summed E-state index contributed by atoms with van der Waals surface area (Å²) in [6.07, 6.45) is 2.49. The topological polar surface area (TPSA) is 63.4 Å². The molecule has 2 rings (SSSR count). The van der Waals surface area contributed by atoms with Crippen molar-refractivity contribution in [3.8, 4) is 0 Å². The molecule has 2 N–H and O–H groups in total. The predicted octanol–water partition coefficient (Wildman–Crippen LogP) is 2.28. The van der Waals surface area contributed by atoms with Crippen molar-refractivity contribution < 1.29 is 12.8 Å². The summed E-state index contributed by atoms with van der Waals surface area (Å²) >= 11 is 0. The first-order valence-corrected chi connectivity index (χ1v) is 7.89. The number of hydrogen-bond acceptors (Lipinski definition) is 3. The Balaban J connectivity index is 2.49. The van der Waals surface area contributed by atoms with Gasteiger partial charge in [0, 0.05) is 23.8 Å². The molecule has 0 bridgehead atoms. The van der Waals surface area contributed by atoms with Gasteiger partial charge in [-0.05, 0) is 38.3 Å². The van der Waals surface area contributed by atoms with Crippen molar-refractivity contribution in [3.63, 3.8) is 0 Å². The Morgan fingerprint density at radius 1 is 1.42 bits per heavy atom. The van der Waals surface area contributed by atoms with Gasteiger partial charge in [-0.3, -0.25) is 0 Å². The first-order chi connectivity index (χ1) is 8.87. The van der Waals surface area contributed by atoms with E-state index in [1.807, 2.05) is 6.92 Å². The van der Waals surface area contributed by atoms with Crippen molar-refractivity contribution in [1.29, 1.82) is 0 Å². The first kappa shape index (κ1) is 14.3. The molecule has 0 heterocycles. The average Bonchev–Trinajstić information content (AvgIpc) is 3.14. The molecule has 6 heteroatoms. The Hall–Kier alpha value is -1.14. The second kappa shape index (κ2) is 5.09. The Bertz CT molecular complexity index is 583. The van der Waals surface area contributed by atoms with Crippen LogP contribution in [0.5, 0.6) is 0 Å². The van der Waals surface area contributed by atoms with Gasteiger partial charge in [0.25, 0.3) is 0 Å². The van der Waals surface area contributed by atoms with Gasteiger partial charge in [-0.1, -0.05) is 6.92 Å². The summed E-state index contributed by atoms with van der Waals surface area (Å²) in [5.41, 5.74) is 5.84. The van der Waals surface area contributed by atoms with Crippen LogP contribution in [-0.2, 0) is 10.0 Å². The third-order valence-electron chi connectivity index (χ3n) is 3.30. The van der Waals surface area contributed by atoms with E-state index in [0.29, 0.717) is 6.54 Å². The van der Waals surface area contributed by atoms with Crippen LogP contribution < -0.4 is 5.73 Å². The van der Waals surface area contributed by atoms with Crippen molar-refractivity contribution >= 4 is 15.7 Å². The van der Waals surface area contributed by atoms with Crippen LogP contribution in [0.3, 0.4) is 0 Å². The van der Waals surface area contributed by atoms with E-state index in [1.54, 1.807) is 0 Å². The van der Waals surface area contributed by atoms with Crippen LogP contribution in [0.4, 0.5) is 10.1 Å². The summed E-state index contributed by atoms with van der Waals surface area (Å²) in [5.74, 6) is -0.578. The van der Waals surface area contributed by atoms with Gasteiger partial charge in [-0.25, -0.2) is 12.8 Å². The normalized spacial score (nSPS) is 16.0. The van der Waals surface area contributed by atoms with E-state index in [4.69, 9.17) is 5.73 Å². The molecule has 0 unspecified atom stereocenters. The van der Waals surface area contributed by atoms with Gasteiger partial charge in [0.05, 0.1) is 4.90 Å². The van der Waals surface area contributed by atoms with Crippen molar-refractivity contribution in [3.05, 3.63) is 23.5 Å². The van der Waals surface area contributed by atoms with Crippen LogP contribution >= 0.6 is 0 Å². The minimum absolute atomic E-state index is 0.00894. The van der Waals surface area contributed by atoms with Gasteiger partial charge in [-0.15, -0.1) is 0 Å². The van der Waals surface area contributed by atoms with E-state index in [9.17, 15) is 12.8 Å². The monoisotopic (exact) mass is 286 g/mol. The minimum Gasteiger partial charge on any atom is -0.399 e. The summed E-state index contributed by atoms with van der Waals surface area (Å²) in [6, 6.07) is 2.56. The SMILES string of the molecule is CCCN(C1CC1)S(=O)(=O)c1cc(N)cc(F)c1C. The molecule has 19 heavy (non-hydrogen) atoms. The summed E-state index contributed by atoms with van der Waals surface area (Å²) < 4.78 is 40.4. The molecule has 106 valence electrons. The molecule has 0 saturated heterocycles. The Morgan fingerprint density at radius 3 is 2.58 bits per heavy atom. The van der Waals surface area contributed by atoms with E-state index < -0.39 is 15.8 Å². The highest BCUT2D eigenvalue weighted by molar-refractivity contribution is 7.89. The van der Waals surface area contributed by atoms with Crippen LogP contribution in [0.1, 0.15) is 31.7 Å². The molecule has 0 aliphatic heterocycles. The second-order valence-corrected chi connectivity index (χ2v) is 6.83. The van der Waals surface area contributed by atoms with E-state index in [1.165, 1.54) is 17.3 Å². The van der Waals surface area contributed by atoms with Gasteiger partial charge in [0.1, 0.15) is 5.82 Å². The van der Waals surface area contributed by atoms with Gasteiger partial charge >= 0.3 is 0 Å². The van der Waals surface area contributed by atoms with Crippen molar-refractivity contribution in [2.24, 2.45) is 0 Å². The molecule has 4 nitrogen and oxygen atoms in total. The maximum absolute atomic E-state index is 13.7. The fourth-order valence-electron chi connectivity index (χ4n) is 2.15. The molecular formula is C13H19FN2O2S. The third kappa shape index (κ3) is 2.74.